The monoisotopic (exact) mass is 385 g/mol. The average Bonchev–Trinajstić information content (AvgIpc) is 3.25. The van der Waals surface area contributed by atoms with Crippen LogP contribution in [0, 0.1) is 0 Å². The average molecular weight is 385 g/mol. The van der Waals surface area contributed by atoms with Crippen molar-refractivity contribution in [2.24, 2.45) is 0 Å². The van der Waals surface area contributed by atoms with Gasteiger partial charge in [-0.25, -0.2) is 4.98 Å². The number of aromatic nitrogens is 2. The van der Waals surface area contributed by atoms with Crippen LogP contribution in [0.15, 0.2) is 84.4 Å². The third-order valence-electron chi connectivity index (χ3n) is 4.43. The molecule has 4 rings (SSSR count). The Morgan fingerprint density at radius 3 is 2.36 bits per heavy atom. The molecule has 0 spiro atoms. The summed E-state index contributed by atoms with van der Waals surface area (Å²) in [6.45, 7) is 0.532. The molecule has 0 unspecified atom stereocenters. The van der Waals surface area contributed by atoms with Crippen LogP contribution >= 0.6 is 11.3 Å². The first kappa shape index (κ1) is 18.1. The zero-order valence-electron chi connectivity index (χ0n) is 15.4. The Morgan fingerprint density at radius 1 is 0.929 bits per heavy atom. The molecule has 5 heteroatoms. The summed E-state index contributed by atoms with van der Waals surface area (Å²) < 4.78 is 0. The Hall–Kier alpha value is -3.31. The molecule has 28 heavy (non-hydrogen) atoms. The van der Waals surface area contributed by atoms with E-state index in [9.17, 15) is 4.79 Å². The molecule has 0 fully saturated rings. The van der Waals surface area contributed by atoms with Gasteiger partial charge in [-0.15, -0.1) is 11.3 Å². The van der Waals surface area contributed by atoms with Gasteiger partial charge in [0.25, 0.3) is 5.91 Å². The molecule has 0 aliphatic heterocycles. The summed E-state index contributed by atoms with van der Waals surface area (Å²) in [5, 5.41) is 2.55. The highest BCUT2D eigenvalue weighted by Crippen LogP contribution is 2.23. The quantitative estimate of drug-likeness (QED) is 0.478. The zero-order chi connectivity index (χ0) is 19.3. The molecule has 0 saturated heterocycles. The van der Waals surface area contributed by atoms with Crippen molar-refractivity contribution in [1.82, 2.24) is 14.9 Å². The summed E-state index contributed by atoms with van der Waals surface area (Å²) in [7, 11) is 1.80. The van der Waals surface area contributed by atoms with Crippen LogP contribution in [0.2, 0.25) is 0 Å². The van der Waals surface area contributed by atoms with Crippen LogP contribution in [0.4, 0.5) is 0 Å². The van der Waals surface area contributed by atoms with Gasteiger partial charge in [0.15, 0.2) is 0 Å². The molecule has 0 radical (unpaired) electrons. The van der Waals surface area contributed by atoms with E-state index in [2.05, 4.69) is 46.4 Å². The number of hydrogen-bond acceptors (Lipinski definition) is 4. The van der Waals surface area contributed by atoms with E-state index in [0.717, 1.165) is 21.8 Å². The Bertz CT molecular complexity index is 1060. The second-order valence-electron chi connectivity index (χ2n) is 6.48. The van der Waals surface area contributed by atoms with Gasteiger partial charge in [0.1, 0.15) is 10.7 Å². The largest absolute Gasteiger partial charge is 0.336 e. The van der Waals surface area contributed by atoms with Crippen LogP contribution in [0.3, 0.4) is 0 Å². The van der Waals surface area contributed by atoms with Crippen LogP contribution < -0.4 is 0 Å². The molecule has 0 saturated carbocycles. The van der Waals surface area contributed by atoms with E-state index in [1.807, 2.05) is 36.4 Å². The van der Waals surface area contributed by atoms with Gasteiger partial charge in [0.05, 0.1) is 5.69 Å². The zero-order valence-corrected chi connectivity index (χ0v) is 16.3. The number of amides is 1. The number of thiazole rings is 1. The summed E-state index contributed by atoms with van der Waals surface area (Å²) in [6.07, 6.45) is 1.73. The van der Waals surface area contributed by atoms with E-state index in [-0.39, 0.29) is 5.91 Å². The summed E-state index contributed by atoms with van der Waals surface area (Å²) >= 11 is 1.43. The smallest absolute Gasteiger partial charge is 0.273 e. The maximum absolute atomic E-state index is 12.7. The molecule has 4 aromatic rings. The predicted octanol–water partition coefficient (Wildman–Crippen LogP) is 5.14. The van der Waals surface area contributed by atoms with Crippen molar-refractivity contribution in [2.45, 2.75) is 6.54 Å². The first-order chi connectivity index (χ1) is 13.7. The van der Waals surface area contributed by atoms with Gasteiger partial charge in [0, 0.05) is 25.2 Å². The van der Waals surface area contributed by atoms with E-state index in [1.54, 1.807) is 23.5 Å². The summed E-state index contributed by atoms with van der Waals surface area (Å²) in [4.78, 5) is 23.2. The molecule has 2 aromatic heterocycles. The van der Waals surface area contributed by atoms with Crippen molar-refractivity contribution in [3.8, 4) is 21.8 Å². The SMILES string of the molecule is CN(Cc1ccc(-c2ccccc2)cc1)C(=O)c1csc(-c2ccccn2)n1. The number of pyridine rings is 1. The molecular formula is C23H19N3OS. The fourth-order valence-corrected chi connectivity index (χ4v) is 3.72. The maximum atomic E-state index is 12.7. The minimum Gasteiger partial charge on any atom is -0.336 e. The van der Waals surface area contributed by atoms with Crippen molar-refractivity contribution >= 4 is 17.2 Å². The van der Waals surface area contributed by atoms with Gasteiger partial charge in [-0.2, -0.15) is 0 Å². The minimum absolute atomic E-state index is 0.0921. The van der Waals surface area contributed by atoms with Crippen LogP contribution in [-0.4, -0.2) is 27.8 Å². The molecular weight excluding hydrogens is 366 g/mol. The second kappa shape index (κ2) is 8.15. The molecule has 4 nitrogen and oxygen atoms in total. The molecule has 0 bridgehead atoms. The molecule has 0 aliphatic carbocycles. The van der Waals surface area contributed by atoms with Crippen molar-refractivity contribution < 1.29 is 4.79 Å². The molecule has 0 aliphatic rings. The lowest BCUT2D eigenvalue weighted by Crippen LogP contribution is -2.26. The van der Waals surface area contributed by atoms with E-state index in [4.69, 9.17) is 0 Å². The Morgan fingerprint density at radius 2 is 1.64 bits per heavy atom. The van der Waals surface area contributed by atoms with Gasteiger partial charge in [0.2, 0.25) is 0 Å². The lowest BCUT2D eigenvalue weighted by atomic mass is 10.0. The highest BCUT2D eigenvalue weighted by Gasteiger charge is 2.16. The maximum Gasteiger partial charge on any atom is 0.273 e. The van der Waals surface area contributed by atoms with Crippen LogP contribution in [0.1, 0.15) is 16.1 Å². The second-order valence-corrected chi connectivity index (χ2v) is 7.34. The Kier molecular flexibility index (Phi) is 5.26. The minimum atomic E-state index is -0.0921. The van der Waals surface area contributed by atoms with Crippen LogP contribution in [0.25, 0.3) is 21.8 Å². The number of carbonyl (C=O) groups excluding carboxylic acids is 1. The molecule has 138 valence electrons. The van der Waals surface area contributed by atoms with Crippen LogP contribution in [0.5, 0.6) is 0 Å². The fourth-order valence-electron chi connectivity index (χ4n) is 2.95. The molecule has 1 amide bonds. The number of rotatable bonds is 5. The summed E-state index contributed by atoms with van der Waals surface area (Å²) in [5.74, 6) is -0.0921. The van der Waals surface area contributed by atoms with Gasteiger partial charge in [-0.3, -0.25) is 9.78 Å². The fraction of sp³-hybridized carbons (Fsp3) is 0.0870. The first-order valence-corrected chi connectivity index (χ1v) is 9.85. The Labute approximate surface area is 168 Å². The predicted molar refractivity (Wildman–Crippen MR) is 113 cm³/mol. The topological polar surface area (TPSA) is 46.1 Å². The number of carbonyl (C=O) groups is 1. The van der Waals surface area contributed by atoms with E-state index in [1.165, 1.54) is 16.9 Å². The van der Waals surface area contributed by atoms with Gasteiger partial charge < -0.3 is 4.90 Å². The van der Waals surface area contributed by atoms with E-state index in [0.29, 0.717) is 12.2 Å². The Balaban J connectivity index is 1.44. The van der Waals surface area contributed by atoms with Gasteiger partial charge >= 0.3 is 0 Å². The lowest BCUT2D eigenvalue weighted by molar-refractivity contribution is 0.0780. The summed E-state index contributed by atoms with van der Waals surface area (Å²) in [5.41, 5.74) is 4.66. The van der Waals surface area contributed by atoms with E-state index >= 15 is 0 Å². The van der Waals surface area contributed by atoms with Crippen molar-refractivity contribution in [3.05, 3.63) is 95.6 Å². The third-order valence-corrected chi connectivity index (χ3v) is 5.30. The molecule has 0 N–H and O–H groups in total. The normalized spacial score (nSPS) is 10.6. The van der Waals surface area contributed by atoms with Crippen molar-refractivity contribution in [1.29, 1.82) is 0 Å². The van der Waals surface area contributed by atoms with Crippen LogP contribution in [-0.2, 0) is 6.54 Å². The first-order valence-electron chi connectivity index (χ1n) is 8.97. The lowest BCUT2D eigenvalue weighted by Gasteiger charge is -2.16. The standard InChI is InChI=1S/C23H19N3OS/c1-26(15-17-10-12-19(13-11-17)18-7-3-2-4-8-18)23(27)21-16-28-22(25-21)20-9-5-6-14-24-20/h2-14,16H,15H2,1H3. The van der Waals surface area contributed by atoms with Crippen molar-refractivity contribution in [2.75, 3.05) is 7.05 Å². The van der Waals surface area contributed by atoms with Gasteiger partial charge in [-0.1, -0.05) is 60.7 Å². The van der Waals surface area contributed by atoms with Crippen molar-refractivity contribution in [3.63, 3.8) is 0 Å². The number of hydrogen-bond donors (Lipinski definition) is 0. The molecule has 2 aromatic carbocycles. The third kappa shape index (κ3) is 4.00. The highest BCUT2D eigenvalue weighted by atomic mass is 32.1. The summed E-state index contributed by atoms with van der Waals surface area (Å²) in [6, 6.07) is 24.2. The number of benzene rings is 2. The molecule has 0 atom stereocenters. The van der Waals surface area contributed by atoms with E-state index < -0.39 is 0 Å². The number of nitrogens with zero attached hydrogens (tertiary/aromatic N) is 3. The highest BCUT2D eigenvalue weighted by molar-refractivity contribution is 7.13. The molecule has 2 heterocycles. The van der Waals surface area contributed by atoms with Gasteiger partial charge in [-0.05, 0) is 28.8 Å².